The summed E-state index contributed by atoms with van der Waals surface area (Å²) in [6.45, 7) is 2.23. The number of Topliss-reactive ketones (excluding diaryl/α,β-unsaturated/α-hetero) is 1. The number of carbonyl (C=O) groups is 1. The van der Waals surface area contributed by atoms with Gasteiger partial charge < -0.3 is 0 Å². The predicted octanol–water partition coefficient (Wildman–Crippen LogP) is 5.13. The van der Waals surface area contributed by atoms with E-state index in [1.807, 2.05) is 0 Å². The number of hydrogen-bond donors (Lipinski definition) is 0. The molecule has 2 aliphatic carbocycles. The summed E-state index contributed by atoms with van der Waals surface area (Å²) in [6, 6.07) is 0. The summed E-state index contributed by atoms with van der Waals surface area (Å²) in [5.41, 5.74) is 0. The Balaban J connectivity index is 1.80. The quantitative estimate of drug-likeness (QED) is 0.597. The number of rotatable bonds is 6. The summed E-state index contributed by atoms with van der Waals surface area (Å²) in [4.78, 5) is 12.4. The number of ketones is 1. The lowest BCUT2D eigenvalue weighted by Gasteiger charge is -2.40. The Morgan fingerprint density at radius 3 is 2.56 bits per heavy atom. The highest BCUT2D eigenvalue weighted by Gasteiger charge is 2.37. The van der Waals surface area contributed by atoms with Crippen LogP contribution in [0.2, 0.25) is 0 Å². The van der Waals surface area contributed by atoms with Crippen molar-refractivity contribution in [2.24, 2.45) is 17.8 Å². The lowest BCUT2D eigenvalue weighted by molar-refractivity contribution is -0.127. The van der Waals surface area contributed by atoms with Gasteiger partial charge in [0, 0.05) is 12.3 Å². The van der Waals surface area contributed by atoms with Crippen LogP contribution in [0.15, 0.2) is 0 Å². The highest BCUT2D eigenvalue weighted by atomic mass is 16.1. The van der Waals surface area contributed by atoms with Crippen LogP contribution in [-0.4, -0.2) is 5.78 Å². The average molecular weight is 250 g/mol. The summed E-state index contributed by atoms with van der Waals surface area (Å²) in [5.74, 6) is 2.73. The van der Waals surface area contributed by atoms with Gasteiger partial charge in [0.1, 0.15) is 5.78 Å². The molecule has 104 valence electrons. The van der Waals surface area contributed by atoms with Crippen molar-refractivity contribution in [3.05, 3.63) is 0 Å². The third-order valence-corrected chi connectivity index (χ3v) is 5.27. The third kappa shape index (κ3) is 3.59. The molecule has 0 amide bonds. The molecule has 0 radical (unpaired) electrons. The van der Waals surface area contributed by atoms with Crippen LogP contribution in [-0.2, 0) is 4.79 Å². The first-order chi connectivity index (χ1) is 8.83. The van der Waals surface area contributed by atoms with Crippen LogP contribution in [0.4, 0.5) is 0 Å². The zero-order chi connectivity index (χ0) is 12.8. The Morgan fingerprint density at radius 1 is 0.944 bits per heavy atom. The van der Waals surface area contributed by atoms with Crippen LogP contribution in [0.1, 0.15) is 84.0 Å². The van der Waals surface area contributed by atoms with Crippen molar-refractivity contribution in [1.82, 2.24) is 0 Å². The van der Waals surface area contributed by atoms with Gasteiger partial charge in [-0.1, -0.05) is 58.3 Å². The molecule has 2 rings (SSSR count). The summed E-state index contributed by atoms with van der Waals surface area (Å²) in [6.07, 6.45) is 15.3. The van der Waals surface area contributed by atoms with E-state index in [1.54, 1.807) is 0 Å². The number of unbranched alkanes of at least 4 members (excludes halogenated alkanes) is 3. The van der Waals surface area contributed by atoms with Crippen LogP contribution in [0.3, 0.4) is 0 Å². The maximum absolute atomic E-state index is 12.4. The van der Waals surface area contributed by atoms with Crippen molar-refractivity contribution in [2.75, 3.05) is 0 Å². The van der Waals surface area contributed by atoms with Crippen LogP contribution >= 0.6 is 0 Å². The van der Waals surface area contributed by atoms with Gasteiger partial charge >= 0.3 is 0 Å². The standard InChI is InChI=1S/C17H30O/c1-2-3-4-5-13-17(18)16-12-8-10-14-9-6-7-11-15(14)16/h14-16H,2-13H2,1H3. The van der Waals surface area contributed by atoms with E-state index in [-0.39, 0.29) is 0 Å². The molecule has 0 aromatic carbocycles. The summed E-state index contributed by atoms with van der Waals surface area (Å²) in [5, 5.41) is 0. The maximum atomic E-state index is 12.4. The van der Waals surface area contributed by atoms with E-state index < -0.39 is 0 Å². The Morgan fingerprint density at radius 2 is 1.72 bits per heavy atom. The molecule has 2 aliphatic rings. The van der Waals surface area contributed by atoms with Gasteiger partial charge in [-0.3, -0.25) is 4.79 Å². The van der Waals surface area contributed by atoms with Crippen LogP contribution in [0, 0.1) is 17.8 Å². The molecule has 0 aromatic heterocycles. The van der Waals surface area contributed by atoms with Gasteiger partial charge in [0.15, 0.2) is 0 Å². The normalized spacial score (nSPS) is 31.9. The van der Waals surface area contributed by atoms with Gasteiger partial charge in [-0.05, 0) is 31.1 Å². The third-order valence-electron chi connectivity index (χ3n) is 5.27. The zero-order valence-corrected chi connectivity index (χ0v) is 12.1. The largest absolute Gasteiger partial charge is 0.299 e. The summed E-state index contributed by atoms with van der Waals surface area (Å²) in [7, 11) is 0. The lowest BCUT2D eigenvalue weighted by Crippen LogP contribution is -2.35. The van der Waals surface area contributed by atoms with Gasteiger partial charge in [0.2, 0.25) is 0 Å². The molecule has 0 heterocycles. The Kier molecular flexibility index (Phi) is 5.72. The Hall–Kier alpha value is -0.330. The van der Waals surface area contributed by atoms with Crippen molar-refractivity contribution >= 4 is 5.78 Å². The second-order valence-corrected chi connectivity index (χ2v) is 6.52. The number of fused-ring (bicyclic) bond motifs is 1. The van der Waals surface area contributed by atoms with Crippen LogP contribution in [0.5, 0.6) is 0 Å². The van der Waals surface area contributed by atoms with Gasteiger partial charge in [-0.2, -0.15) is 0 Å². The zero-order valence-electron chi connectivity index (χ0n) is 12.1. The minimum Gasteiger partial charge on any atom is -0.299 e. The van der Waals surface area contributed by atoms with Gasteiger partial charge in [0.05, 0.1) is 0 Å². The van der Waals surface area contributed by atoms with E-state index >= 15 is 0 Å². The summed E-state index contributed by atoms with van der Waals surface area (Å²) < 4.78 is 0. The van der Waals surface area contributed by atoms with Crippen molar-refractivity contribution in [3.63, 3.8) is 0 Å². The van der Waals surface area contributed by atoms with E-state index in [4.69, 9.17) is 0 Å². The average Bonchev–Trinajstić information content (AvgIpc) is 2.43. The van der Waals surface area contributed by atoms with E-state index in [9.17, 15) is 4.79 Å². The van der Waals surface area contributed by atoms with Crippen LogP contribution in [0.25, 0.3) is 0 Å². The van der Waals surface area contributed by atoms with E-state index in [0.717, 1.165) is 24.7 Å². The second kappa shape index (κ2) is 7.31. The van der Waals surface area contributed by atoms with Crippen molar-refractivity contribution in [2.45, 2.75) is 84.0 Å². The van der Waals surface area contributed by atoms with E-state index in [1.165, 1.54) is 64.2 Å². The Bertz CT molecular complexity index is 256. The van der Waals surface area contributed by atoms with Crippen LogP contribution < -0.4 is 0 Å². The minimum absolute atomic E-state index is 0.450. The predicted molar refractivity (Wildman–Crippen MR) is 76.6 cm³/mol. The number of hydrogen-bond acceptors (Lipinski definition) is 1. The van der Waals surface area contributed by atoms with E-state index in [0.29, 0.717) is 11.7 Å². The van der Waals surface area contributed by atoms with Gasteiger partial charge in [-0.25, -0.2) is 0 Å². The molecule has 1 nitrogen and oxygen atoms in total. The monoisotopic (exact) mass is 250 g/mol. The van der Waals surface area contributed by atoms with Crippen molar-refractivity contribution in [3.8, 4) is 0 Å². The lowest BCUT2D eigenvalue weighted by atomic mass is 9.64. The SMILES string of the molecule is CCCCCCC(=O)C1CCCC2CCCCC21. The Labute approximate surface area is 113 Å². The highest BCUT2D eigenvalue weighted by molar-refractivity contribution is 5.81. The molecular formula is C17H30O. The molecule has 0 aliphatic heterocycles. The number of carbonyl (C=O) groups excluding carboxylic acids is 1. The van der Waals surface area contributed by atoms with E-state index in [2.05, 4.69) is 6.92 Å². The molecule has 1 heteroatoms. The molecule has 2 fully saturated rings. The molecule has 0 spiro atoms. The molecule has 18 heavy (non-hydrogen) atoms. The van der Waals surface area contributed by atoms with Gasteiger partial charge in [-0.15, -0.1) is 0 Å². The maximum Gasteiger partial charge on any atom is 0.136 e. The van der Waals surface area contributed by atoms with Crippen molar-refractivity contribution in [1.29, 1.82) is 0 Å². The molecule has 3 unspecified atom stereocenters. The molecule has 0 N–H and O–H groups in total. The topological polar surface area (TPSA) is 17.1 Å². The summed E-state index contributed by atoms with van der Waals surface area (Å²) >= 11 is 0. The molecule has 0 bridgehead atoms. The fraction of sp³-hybridized carbons (Fsp3) is 0.941. The molecule has 0 aromatic rings. The van der Waals surface area contributed by atoms with Gasteiger partial charge in [0.25, 0.3) is 0 Å². The smallest absolute Gasteiger partial charge is 0.136 e. The van der Waals surface area contributed by atoms with Crippen molar-refractivity contribution < 1.29 is 4.79 Å². The fourth-order valence-corrected chi connectivity index (χ4v) is 4.25. The molecular weight excluding hydrogens is 220 g/mol. The first kappa shape index (κ1) is 14.1. The highest BCUT2D eigenvalue weighted by Crippen LogP contribution is 2.44. The fourth-order valence-electron chi connectivity index (χ4n) is 4.25. The second-order valence-electron chi connectivity index (χ2n) is 6.52. The first-order valence-corrected chi connectivity index (χ1v) is 8.35. The first-order valence-electron chi connectivity index (χ1n) is 8.35. The molecule has 2 saturated carbocycles. The molecule has 3 atom stereocenters. The molecule has 0 saturated heterocycles. The minimum atomic E-state index is 0.450.